The van der Waals surface area contributed by atoms with Crippen molar-refractivity contribution in [3.8, 4) is 6.07 Å². The molecule has 0 bridgehead atoms. The Kier molecular flexibility index (Phi) is 4.37. The molecule has 1 aromatic carbocycles. The molecule has 1 heterocycles. The standard InChI is InChI=1S/C16H16F3N3O2/c17-16(18,19)13-7-12(4-3-11(13)8-20)21-15(23)22-5-6-24-9-14(22)10-1-2-10/h3-4,7,10,14H,1-2,5-6,9H2,(H,21,23). The van der Waals surface area contributed by atoms with E-state index in [0.717, 1.165) is 25.0 Å². The van der Waals surface area contributed by atoms with Crippen LogP contribution in [0.2, 0.25) is 0 Å². The largest absolute Gasteiger partial charge is 0.417 e. The molecule has 128 valence electrons. The molecular formula is C16H16F3N3O2. The minimum Gasteiger partial charge on any atom is -0.377 e. The minimum atomic E-state index is -4.65. The van der Waals surface area contributed by atoms with Gasteiger partial charge in [-0.2, -0.15) is 18.4 Å². The molecule has 1 saturated carbocycles. The summed E-state index contributed by atoms with van der Waals surface area (Å²) in [4.78, 5) is 14.1. The van der Waals surface area contributed by atoms with E-state index in [-0.39, 0.29) is 11.7 Å². The predicted octanol–water partition coefficient (Wildman–Crippen LogP) is 3.22. The lowest BCUT2D eigenvalue weighted by molar-refractivity contribution is -0.137. The lowest BCUT2D eigenvalue weighted by Crippen LogP contribution is -2.51. The number of alkyl halides is 3. The molecule has 8 heteroatoms. The molecule has 2 fully saturated rings. The second-order valence-electron chi connectivity index (χ2n) is 5.97. The second kappa shape index (κ2) is 6.32. The Balaban J connectivity index is 1.77. The van der Waals surface area contributed by atoms with Crippen molar-refractivity contribution >= 4 is 11.7 Å². The van der Waals surface area contributed by atoms with Gasteiger partial charge < -0.3 is 15.0 Å². The maximum absolute atomic E-state index is 13.0. The molecule has 1 atom stereocenters. The molecule has 3 rings (SSSR count). The van der Waals surface area contributed by atoms with Crippen molar-refractivity contribution in [1.29, 1.82) is 5.26 Å². The summed E-state index contributed by atoms with van der Waals surface area (Å²) >= 11 is 0. The number of anilines is 1. The predicted molar refractivity (Wildman–Crippen MR) is 79.2 cm³/mol. The molecule has 5 nitrogen and oxygen atoms in total. The van der Waals surface area contributed by atoms with Gasteiger partial charge in [-0.25, -0.2) is 4.79 Å². The molecule has 1 aliphatic carbocycles. The summed E-state index contributed by atoms with van der Waals surface area (Å²) in [6.45, 7) is 1.28. The fraction of sp³-hybridized carbons (Fsp3) is 0.500. The average molecular weight is 339 g/mol. The normalized spacial score (nSPS) is 21.2. The molecule has 2 amide bonds. The number of carbonyl (C=O) groups is 1. The van der Waals surface area contributed by atoms with Gasteiger partial charge in [0.25, 0.3) is 0 Å². The number of amides is 2. The highest BCUT2D eigenvalue weighted by Crippen LogP contribution is 2.37. The van der Waals surface area contributed by atoms with Crippen molar-refractivity contribution in [2.45, 2.75) is 25.1 Å². The van der Waals surface area contributed by atoms with Gasteiger partial charge in [-0.3, -0.25) is 0 Å². The monoisotopic (exact) mass is 339 g/mol. The number of morpholine rings is 1. The number of halogens is 3. The van der Waals surface area contributed by atoms with Gasteiger partial charge in [0, 0.05) is 12.2 Å². The topological polar surface area (TPSA) is 65.4 Å². The van der Waals surface area contributed by atoms with Crippen LogP contribution in [0, 0.1) is 17.2 Å². The number of benzene rings is 1. The number of rotatable bonds is 2. The lowest BCUT2D eigenvalue weighted by Gasteiger charge is -2.35. The summed E-state index contributed by atoms with van der Waals surface area (Å²) in [7, 11) is 0. The molecule has 1 unspecified atom stereocenters. The van der Waals surface area contributed by atoms with Gasteiger partial charge in [-0.1, -0.05) is 0 Å². The summed E-state index contributed by atoms with van der Waals surface area (Å²) < 4.78 is 44.4. The van der Waals surface area contributed by atoms with E-state index < -0.39 is 23.3 Å². The Bertz CT molecular complexity index is 680. The zero-order chi connectivity index (χ0) is 17.3. The van der Waals surface area contributed by atoms with Gasteiger partial charge in [0.05, 0.1) is 36.5 Å². The molecule has 0 radical (unpaired) electrons. The van der Waals surface area contributed by atoms with E-state index >= 15 is 0 Å². The average Bonchev–Trinajstić information content (AvgIpc) is 3.39. The third-order valence-electron chi connectivity index (χ3n) is 4.29. The third-order valence-corrected chi connectivity index (χ3v) is 4.29. The van der Waals surface area contributed by atoms with E-state index in [0.29, 0.717) is 25.7 Å². The van der Waals surface area contributed by atoms with Crippen molar-refractivity contribution < 1.29 is 22.7 Å². The molecule has 0 aromatic heterocycles. The molecule has 1 N–H and O–H groups in total. The summed E-state index contributed by atoms with van der Waals surface area (Å²) in [6.07, 6.45) is -2.58. The van der Waals surface area contributed by atoms with Gasteiger partial charge in [-0.05, 0) is 37.0 Å². The molecule has 2 aliphatic rings. The second-order valence-corrected chi connectivity index (χ2v) is 5.97. The first-order valence-electron chi connectivity index (χ1n) is 7.67. The first-order valence-corrected chi connectivity index (χ1v) is 7.67. The van der Waals surface area contributed by atoms with E-state index in [4.69, 9.17) is 10.00 Å². The van der Waals surface area contributed by atoms with Crippen molar-refractivity contribution in [3.63, 3.8) is 0 Å². The summed E-state index contributed by atoms with van der Waals surface area (Å²) in [6, 6.07) is 4.22. The zero-order valence-corrected chi connectivity index (χ0v) is 12.8. The Labute approximate surface area is 137 Å². The van der Waals surface area contributed by atoms with E-state index in [2.05, 4.69) is 5.32 Å². The van der Waals surface area contributed by atoms with Crippen LogP contribution in [0.1, 0.15) is 24.0 Å². The van der Waals surface area contributed by atoms with Crippen molar-refractivity contribution in [2.75, 3.05) is 25.1 Å². The fourth-order valence-corrected chi connectivity index (χ4v) is 2.90. The SMILES string of the molecule is N#Cc1ccc(NC(=O)N2CCOCC2C2CC2)cc1C(F)(F)F. The Hall–Kier alpha value is -2.27. The molecule has 0 spiro atoms. The smallest absolute Gasteiger partial charge is 0.377 e. The van der Waals surface area contributed by atoms with E-state index in [1.807, 2.05) is 0 Å². The number of hydrogen-bond acceptors (Lipinski definition) is 3. The van der Waals surface area contributed by atoms with Gasteiger partial charge in [-0.15, -0.1) is 0 Å². The van der Waals surface area contributed by atoms with Gasteiger partial charge in [0.15, 0.2) is 0 Å². The maximum Gasteiger partial charge on any atom is 0.417 e. The molecule has 1 saturated heterocycles. The number of nitrogens with one attached hydrogen (secondary N) is 1. The Morgan fingerprint density at radius 2 is 2.12 bits per heavy atom. The number of nitrogens with zero attached hydrogens (tertiary/aromatic N) is 2. The van der Waals surface area contributed by atoms with Crippen LogP contribution in [0.4, 0.5) is 23.7 Å². The van der Waals surface area contributed by atoms with Crippen LogP contribution < -0.4 is 5.32 Å². The zero-order valence-electron chi connectivity index (χ0n) is 12.8. The van der Waals surface area contributed by atoms with Gasteiger partial charge >= 0.3 is 12.2 Å². The fourth-order valence-electron chi connectivity index (χ4n) is 2.90. The number of urea groups is 1. The van der Waals surface area contributed by atoms with Crippen LogP contribution in [-0.2, 0) is 10.9 Å². The highest BCUT2D eigenvalue weighted by molar-refractivity contribution is 5.90. The summed E-state index contributed by atoms with van der Waals surface area (Å²) in [5.74, 6) is 0.405. The highest BCUT2D eigenvalue weighted by atomic mass is 19.4. The van der Waals surface area contributed by atoms with Crippen LogP contribution in [-0.4, -0.2) is 36.7 Å². The summed E-state index contributed by atoms with van der Waals surface area (Å²) in [5, 5.41) is 11.3. The van der Waals surface area contributed by atoms with Crippen LogP contribution in [0.25, 0.3) is 0 Å². The van der Waals surface area contributed by atoms with Gasteiger partial charge in [0.2, 0.25) is 0 Å². The van der Waals surface area contributed by atoms with Crippen LogP contribution in [0.15, 0.2) is 18.2 Å². The molecular weight excluding hydrogens is 323 g/mol. The number of ether oxygens (including phenoxy) is 1. The lowest BCUT2D eigenvalue weighted by atomic mass is 10.1. The first-order chi connectivity index (χ1) is 11.4. The Morgan fingerprint density at radius 3 is 2.75 bits per heavy atom. The van der Waals surface area contributed by atoms with Crippen LogP contribution in [0.5, 0.6) is 0 Å². The third kappa shape index (κ3) is 3.46. The van der Waals surface area contributed by atoms with Crippen molar-refractivity contribution in [2.24, 2.45) is 5.92 Å². The van der Waals surface area contributed by atoms with E-state index in [1.165, 1.54) is 12.1 Å². The minimum absolute atomic E-state index is 0.0207. The van der Waals surface area contributed by atoms with E-state index in [9.17, 15) is 18.0 Å². The van der Waals surface area contributed by atoms with Gasteiger partial charge in [0.1, 0.15) is 0 Å². The van der Waals surface area contributed by atoms with Crippen LogP contribution in [0.3, 0.4) is 0 Å². The van der Waals surface area contributed by atoms with E-state index in [1.54, 1.807) is 4.90 Å². The number of hydrogen-bond donors (Lipinski definition) is 1. The maximum atomic E-state index is 13.0. The quantitative estimate of drug-likeness (QED) is 0.900. The molecule has 24 heavy (non-hydrogen) atoms. The van der Waals surface area contributed by atoms with Crippen molar-refractivity contribution in [1.82, 2.24) is 4.90 Å². The highest BCUT2D eigenvalue weighted by Gasteiger charge is 2.39. The number of carbonyl (C=O) groups excluding carboxylic acids is 1. The van der Waals surface area contributed by atoms with Crippen LogP contribution >= 0.6 is 0 Å². The molecule has 1 aliphatic heterocycles. The number of nitriles is 1. The molecule has 1 aromatic rings. The summed E-state index contributed by atoms with van der Waals surface area (Å²) in [5.41, 5.74) is -1.50. The first kappa shape index (κ1) is 16.6. The van der Waals surface area contributed by atoms with Crippen molar-refractivity contribution in [3.05, 3.63) is 29.3 Å². The Morgan fingerprint density at radius 1 is 1.38 bits per heavy atom.